The van der Waals surface area contributed by atoms with Gasteiger partial charge in [0.05, 0.1) is 29.5 Å². The molecule has 0 atom stereocenters. The molecule has 0 unspecified atom stereocenters. The van der Waals surface area contributed by atoms with Crippen LogP contribution in [0.15, 0.2) is 18.2 Å². The van der Waals surface area contributed by atoms with Crippen molar-refractivity contribution in [3.63, 3.8) is 0 Å². The molecule has 1 aliphatic heterocycles. The summed E-state index contributed by atoms with van der Waals surface area (Å²) < 4.78 is 5.54. The minimum Gasteiger partial charge on any atom is -0.377 e. The van der Waals surface area contributed by atoms with Crippen molar-refractivity contribution >= 4 is 17.3 Å². The van der Waals surface area contributed by atoms with Gasteiger partial charge in [-0.05, 0) is 38.6 Å². The van der Waals surface area contributed by atoms with Crippen molar-refractivity contribution in [2.45, 2.75) is 25.9 Å². The molecule has 1 aromatic rings. The molecule has 18 heavy (non-hydrogen) atoms. The van der Waals surface area contributed by atoms with Gasteiger partial charge in [-0.1, -0.05) is 17.7 Å². The first-order valence-electron chi connectivity index (χ1n) is 6.33. The molecule has 0 aliphatic carbocycles. The highest BCUT2D eigenvalue weighted by Crippen LogP contribution is 2.33. The smallest absolute Gasteiger partial charge is 0.0694 e. The highest BCUT2D eigenvalue weighted by atomic mass is 35.5. The molecule has 1 aromatic carbocycles. The van der Waals surface area contributed by atoms with Gasteiger partial charge < -0.3 is 15.0 Å². The van der Waals surface area contributed by atoms with E-state index in [0.29, 0.717) is 0 Å². The third kappa shape index (κ3) is 2.79. The molecule has 0 saturated carbocycles. The van der Waals surface area contributed by atoms with E-state index < -0.39 is 0 Å². The van der Waals surface area contributed by atoms with Gasteiger partial charge in [-0.15, -0.1) is 0 Å². The first-order valence-corrected chi connectivity index (χ1v) is 6.71. The number of hydrogen-bond donors (Lipinski definition) is 1. The maximum atomic E-state index is 6.42. The number of benzene rings is 1. The van der Waals surface area contributed by atoms with Gasteiger partial charge >= 0.3 is 0 Å². The average Bonchev–Trinajstić information content (AvgIpc) is 2.30. The monoisotopic (exact) mass is 268 g/mol. The highest BCUT2D eigenvalue weighted by Gasteiger charge is 2.31. The van der Waals surface area contributed by atoms with E-state index in [1.165, 1.54) is 5.56 Å². The molecule has 3 nitrogen and oxygen atoms in total. The third-order valence-electron chi connectivity index (χ3n) is 3.33. The van der Waals surface area contributed by atoms with Crippen molar-refractivity contribution in [1.29, 1.82) is 0 Å². The second-order valence-electron chi connectivity index (χ2n) is 5.33. The lowest BCUT2D eigenvalue weighted by molar-refractivity contribution is 0.0644. The Bertz CT molecular complexity index is 420. The summed E-state index contributed by atoms with van der Waals surface area (Å²) in [4.78, 5) is 2.34. The summed E-state index contributed by atoms with van der Waals surface area (Å²) in [6.07, 6.45) is 0. The molecular weight excluding hydrogens is 248 g/mol. The normalized spacial score (nSPS) is 19.0. The molecule has 0 spiro atoms. The quantitative estimate of drug-likeness (QED) is 0.912. The number of ether oxygens (including phenoxy) is 1. The van der Waals surface area contributed by atoms with Crippen LogP contribution in [-0.2, 0) is 11.3 Å². The van der Waals surface area contributed by atoms with Gasteiger partial charge in [0.1, 0.15) is 0 Å². The van der Waals surface area contributed by atoms with Crippen LogP contribution in [0, 0.1) is 0 Å². The summed E-state index contributed by atoms with van der Waals surface area (Å²) in [7, 11) is 1.94. The van der Waals surface area contributed by atoms with E-state index in [4.69, 9.17) is 16.3 Å². The van der Waals surface area contributed by atoms with Crippen LogP contribution < -0.4 is 10.2 Å². The van der Waals surface area contributed by atoms with Gasteiger partial charge in [0.25, 0.3) is 0 Å². The molecule has 1 saturated heterocycles. The van der Waals surface area contributed by atoms with Crippen LogP contribution in [0.1, 0.15) is 19.4 Å². The topological polar surface area (TPSA) is 24.5 Å². The predicted octanol–water partition coefficient (Wildman–Crippen LogP) is 2.67. The van der Waals surface area contributed by atoms with E-state index in [-0.39, 0.29) is 5.54 Å². The fourth-order valence-electron chi connectivity index (χ4n) is 2.39. The van der Waals surface area contributed by atoms with Gasteiger partial charge in [-0.25, -0.2) is 0 Å². The molecule has 2 rings (SSSR count). The van der Waals surface area contributed by atoms with E-state index in [0.717, 1.165) is 37.0 Å². The van der Waals surface area contributed by atoms with E-state index in [9.17, 15) is 0 Å². The molecule has 100 valence electrons. The molecule has 1 fully saturated rings. The number of hydrogen-bond acceptors (Lipinski definition) is 3. The lowest BCUT2D eigenvalue weighted by Crippen LogP contribution is -2.53. The largest absolute Gasteiger partial charge is 0.377 e. The van der Waals surface area contributed by atoms with E-state index >= 15 is 0 Å². The minimum absolute atomic E-state index is 0.00753. The van der Waals surface area contributed by atoms with Crippen LogP contribution in [0.5, 0.6) is 0 Å². The van der Waals surface area contributed by atoms with Crippen molar-refractivity contribution in [1.82, 2.24) is 5.32 Å². The summed E-state index contributed by atoms with van der Waals surface area (Å²) in [5, 5.41) is 3.95. The van der Waals surface area contributed by atoms with Gasteiger partial charge in [0.2, 0.25) is 0 Å². The van der Waals surface area contributed by atoms with Crippen LogP contribution in [0.2, 0.25) is 5.02 Å². The average molecular weight is 269 g/mol. The second kappa shape index (κ2) is 5.47. The number of nitrogens with zero attached hydrogens (tertiary/aromatic N) is 1. The van der Waals surface area contributed by atoms with Crippen LogP contribution in [0.4, 0.5) is 5.69 Å². The number of rotatable bonds is 3. The Morgan fingerprint density at radius 2 is 2.22 bits per heavy atom. The Morgan fingerprint density at radius 3 is 2.83 bits per heavy atom. The maximum absolute atomic E-state index is 6.42. The van der Waals surface area contributed by atoms with Gasteiger partial charge in [-0.2, -0.15) is 0 Å². The van der Waals surface area contributed by atoms with E-state index in [1.54, 1.807) is 0 Å². The van der Waals surface area contributed by atoms with Gasteiger partial charge in [0, 0.05) is 13.1 Å². The van der Waals surface area contributed by atoms with Crippen molar-refractivity contribution in [3.05, 3.63) is 28.8 Å². The number of nitrogens with one attached hydrogen (secondary N) is 1. The van der Waals surface area contributed by atoms with Crippen LogP contribution >= 0.6 is 11.6 Å². The number of morpholine rings is 1. The van der Waals surface area contributed by atoms with Gasteiger partial charge in [-0.3, -0.25) is 0 Å². The van der Waals surface area contributed by atoms with Crippen molar-refractivity contribution < 1.29 is 4.74 Å². The van der Waals surface area contributed by atoms with E-state index in [1.807, 2.05) is 13.1 Å². The van der Waals surface area contributed by atoms with Crippen LogP contribution in [0.25, 0.3) is 0 Å². The standard InChI is InChI=1S/C14H21ClN2O/c1-14(2)10-18-7-6-17(14)13-5-4-11(9-16-3)8-12(13)15/h4-5,8,16H,6-7,9-10H2,1-3H3. The third-order valence-corrected chi connectivity index (χ3v) is 3.63. The summed E-state index contributed by atoms with van der Waals surface area (Å²) >= 11 is 6.42. The summed E-state index contributed by atoms with van der Waals surface area (Å²) in [5.74, 6) is 0. The Morgan fingerprint density at radius 1 is 1.44 bits per heavy atom. The fraction of sp³-hybridized carbons (Fsp3) is 0.571. The molecular formula is C14H21ClN2O. The van der Waals surface area contributed by atoms with Gasteiger partial charge in [0.15, 0.2) is 0 Å². The minimum atomic E-state index is -0.00753. The number of halogens is 1. The molecule has 4 heteroatoms. The molecule has 1 N–H and O–H groups in total. The van der Waals surface area contributed by atoms with E-state index in [2.05, 4.69) is 36.2 Å². The van der Waals surface area contributed by atoms with Crippen LogP contribution in [-0.4, -0.2) is 32.3 Å². The zero-order chi connectivity index (χ0) is 13.2. The zero-order valence-corrected chi connectivity index (χ0v) is 12.0. The zero-order valence-electron chi connectivity index (χ0n) is 11.3. The Hall–Kier alpha value is -0.770. The predicted molar refractivity (Wildman–Crippen MR) is 76.5 cm³/mol. The fourth-order valence-corrected chi connectivity index (χ4v) is 2.69. The summed E-state index contributed by atoms with van der Waals surface area (Å²) in [5.41, 5.74) is 2.30. The van der Waals surface area contributed by atoms with Crippen LogP contribution in [0.3, 0.4) is 0 Å². The molecule has 1 aliphatic rings. The highest BCUT2D eigenvalue weighted by molar-refractivity contribution is 6.33. The van der Waals surface area contributed by atoms with Crippen molar-refractivity contribution in [3.8, 4) is 0 Å². The SMILES string of the molecule is CNCc1ccc(N2CCOCC2(C)C)c(Cl)c1. The second-order valence-corrected chi connectivity index (χ2v) is 5.74. The Kier molecular flexibility index (Phi) is 4.15. The lowest BCUT2D eigenvalue weighted by atomic mass is 10.0. The molecule has 0 amide bonds. The maximum Gasteiger partial charge on any atom is 0.0694 e. The lowest BCUT2D eigenvalue weighted by Gasteiger charge is -2.44. The molecule has 1 heterocycles. The Balaban J connectivity index is 2.27. The first-order chi connectivity index (χ1) is 8.54. The molecule has 0 radical (unpaired) electrons. The number of anilines is 1. The first kappa shape index (κ1) is 13.7. The molecule has 0 bridgehead atoms. The Labute approximate surface area is 114 Å². The van der Waals surface area contributed by atoms with Crippen molar-refractivity contribution in [2.24, 2.45) is 0 Å². The van der Waals surface area contributed by atoms with Crippen molar-refractivity contribution in [2.75, 3.05) is 31.7 Å². The summed E-state index contributed by atoms with van der Waals surface area (Å²) in [6, 6.07) is 6.28. The summed E-state index contributed by atoms with van der Waals surface area (Å²) in [6.45, 7) is 7.60. The molecule has 0 aromatic heterocycles.